The van der Waals surface area contributed by atoms with Crippen molar-refractivity contribution in [2.75, 3.05) is 25.4 Å². The molecule has 5 rings (SSSR count). The van der Waals surface area contributed by atoms with E-state index < -0.39 is 41.0 Å². The Morgan fingerprint density at radius 2 is 1.73 bits per heavy atom. The Bertz CT molecular complexity index is 1260. The van der Waals surface area contributed by atoms with Crippen molar-refractivity contribution in [3.63, 3.8) is 0 Å². The summed E-state index contributed by atoms with van der Waals surface area (Å²) in [5.41, 5.74) is 7.71. The molecule has 40 heavy (non-hydrogen) atoms. The molecule has 2 saturated heterocycles. The van der Waals surface area contributed by atoms with Gasteiger partial charge in [-0.1, -0.05) is 55.4 Å². The number of aliphatic hydroxyl groups is 1. The van der Waals surface area contributed by atoms with Crippen LogP contribution in [0.15, 0.2) is 17.4 Å². The van der Waals surface area contributed by atoms with Gasteiger partial charge in [-0.2, -0.15) is 5.10 Å². The number of nitrogens with one attached hydrogen (secondary N) is 1. The van der Waals surface area contributed by atoms with Crippen LogP contribution in [0.3, 0.4) is 0 Å². The number of nitrogens with two attached hydrogens (primary N) is 1. The number of fused-ring (bicyclic) bond motifs is 2. The molecule has 3 aliphatic rings. The molecule has 2 aromatic heterocycles. The lowest BCUT2D eigenvalue weighted by Gasteiger charge is -2.52. The molecule has 0 spiro atoms. The third kappa shape index (κ3) is 4.45. The summed E-state index contributed by atoms with van der Waals surface area (Å²) < 4.78 is 29.8. The minimum Gasteiger partial charge on any atom is -0.414 e. The zero-order valence-electron chi connectivity index (χ0n) is 25.3. The zero-order chi connectivity index (χ0) is 29.2. The lowest BCUT2D eigenvalue weighted by molar-refractivity contribution is -0.0688. The number of anilines is 1. The van der Waals surface area contributed by atoms with Crippen LogP contribution < -0.4 is 11.1 Å². The molecular weight excluding hydrogens is 545 g/mol. The van der Waals surface area contributed by atoms with Crippen LogP contribution in [0.1, 0.15) is 79.7 Å². The van der Waals surface area contributed by atoms with Crippen LogP contribution in [0.4, 0.5) is 5.82 Å². The van der Waals surface area contributed by atoms with Crippen LogP contribution in [0.2, 0.25) is 22.2 Å². The van der Waals surface area contributed by atoms with Gasteiger partial charge in [0.1, 0.15) is 41.6 Å². The van der Waals surface area contributed by atoms with Crippen molar-refractivity contribution in [3.05, 3.63) is 23.7 Å². The molecule has 4 unspecified atom stereocenters. The molecule has 0 aromatic carbocycles. The van der Waals surface area contributed by atoms with Crippen LogP contribution in [0.25, 0.3) is 5.52 Å². The van der Waals surface area contributed by atoms with Gasteiger partial charge in [0.25, 0.3) is 0 Å². The number of aromatic nitrogens is 3. The first-order chi connectivity index (χ1) is 18.8. The molecule has 0 aliphatic carbocycles. The van der Waals surface area contributed by atoms with Gasteiger partial charge < -0.3 is 33.9 Å². The highest BCUT2D eigenvalue weighted by atomic mass is 28.5. The highest BCUT2D eigenvalue weighted by molar-refractivity contribution is 6.84. The first-order valence-electron chi connectivity index (χ1n) is 14.6. The number of hydrogen-bond acceptors (Lipinski definition) is 10. The number of amidine groups is 1. The van der Waals surface area contributed by atoms with Gasteiger partial charge in [0, 0.05) is 12.1 Å². The van der Waals surface area contributed by atoms with Gasteiger partial charge in [-0.15, -0.1) is 0 Å². The molecular formula is C27H46N6O5Si2. The summed E-state index contributed by atoms with van der Waals surface area (Å²) in [4.78, 5) is 8.83. The lowest BCUT2D eigenvalue weighted by atomic mass is 9.91. The minimum atomic E-state index is -2.95. The van der Waals surface area contributed by atoms with E-state index >= 15 is 0 Å². The van der Waals surface area contributed by atoms with Crippen LogP contribution >= 0.6 is 0 Å². The topological polar surface area (TPSA) is 138 Å². The molecule has 3 aliphatic heterocycles. The van der Waals surface area contributed by atoms with Gasteiger partial charge in [-0.25, -0.2) is 9.50 Å². The Labute approximate surface area is 239 Å². The standard InChI is InChI=1S/C27H46N6O5Si2/c1-15(2)39(16(3)4)35-13-21-24(37-40(38-39,17(5)6)18(7)8)27(9,34)23(36-21)20-12-19(26-29-10-11-30-26)22-25(28)31-14-32-33(20)22/h12,14-18,21,23-24,34H,10-11,13H2,1-9H3,(H,29,30)(H2,28,31,32). The normalized spacial score (nSPS) is 30.1. The minimum absolute atomic E-state index is 0.133. The predicted molar refractivity (Wildman–Crippen MR) is 159 cm³/mol. The summed E-state index contributed by atoms with van der Waals surface area (Å²) in [5, 5.41) is 20.1. The first-order valence-corrected chi connectivity index (χ1v) is 18.5. The van der Waals surface area contributed by atoms with E-state index in [1.807, 2.05) is 6.07 Å². The monoisotopic (exact) mass is 590 g/mol. The van der Waals surface area contributed by atoms with Gasteiger partial charge in [-0.05, 0) is 35.2 Å². The Kier molecular flexibility index (Phi) is 7.73. The van der Waals surface area contributed by atoms with Crippen molar-refractivity contribution in [3.8, 4) is 0 Å². The molecule has 13 heteroatoms. The van der Waals surface area contributed by atoms with E-state index in [9.17, 15) is 5.11 Å². The van der Waals surface area contributed by atoms with Gasteiger partial charge in [-0.3, -0.25) is 4.99 Å². The summed E-state index contributed by atoms with van der Waals surface area (Å²) in [5.74, 6) is 1.07. The average Bonchev–Trinajstić information content (AvgIpc) is 3.56. The third-order valence-corrected chi connectivity index (χ3v) is 19.1. The number of aliphatic imine (C=N–C) groups is 1. The Balaban J connectivity index is 1.63. The van der Waals surface area contributed by atoms with E-state index in [0.29, 0.717) is 23.6 Å². The van der Waals surface area contributed by atoms with E-state index in [2.05, 4.69) is 75.8 Å². The number of ether oxygens (including phenoxy) is 1. The molecule has 4 N–H and O–H groups in total. The maximum absolute atomic E-state index is 12.3. The summed E-state index contributed by atoms with van der Waals surface area (Å²) in [6, 6.07) is 1.95. The Morgan fingerprint density at radius 3 is 2.30 bits per heavy atom. The molecule has 0 bridgehead atoms. The Morgan fingerprint density at radius 1 is 1.07 bits per heavy atom. The lowest BCUT2D eigenvalue weighted by Crippen LogP contribution is -2.66. The molecule has 222 valence electrons. The SMILES string of the molecule is CC(C)[Si]1(C(C)C)OCC2OC(c3cc(C4=NCCN4)c4c(N)ncnn34)C(C)(O)C2O[Si](C(C)C)(C(C)C)O1. The van der Waals surface area contributed by atoms with Crippen LogP contribution in [-0.2, 0) is 17.7 Å². The van der Waals surface area contributed by atoms with Crippen LogP contribution in [0.5, 0.6) is 0 Å². The van der Waals surface area contributed by atoms with Gasteiger partial charge in [0.05, 0.1) is 18.8 Å². The fourth-order valence-corrected chi connectivity index (χ4v) is 18.0. The predicted octanol–water partition coefficient (Wildman–Crippen LogP) is 3.81. The summed E-state index contributed by atoms with van der Waals surface area (Å²) >= 11 is 0. The summed E-state index contributed by atoms with van der Waals surface area (Å²) in [6.07, 6.45) is -0.495. The second-order valence-electron chi connectivity index (χ2n) is 12.8. The third-order valence-electron chi connectivity index (χ3n) is 8.89. The first kappa shape index (κ1) is 29.6. The fraction of sp³-hybridized carbons (Fsp3) is 0.741. The highest BCUT2D eigenvalue weighted by Crippen LogP contribution is 2.51. The Hall–Kier alpha value is -1.88. The quantitative estimate of drug-likeness (QED) is 0.429. The van der Waals surface area contributed by atoms with Crippen molar-refractivity contribution in [1.29, 1.82) is 0 Å². The van der Waals surface area contributed by atoms with Gasteiger partial charge in [0.15, 0.2) is 5.82 Å². The second kappa shape index (κ2) is 10.4. The van der Waals surface area contributed by atoms with Gasteiger partial charge in [0.2, 0.25) is 0 Å². The smallest absolute Gasteiger partial charge is 0.335 e. The molecule has 0 saturated carbocycles. The van der Waals surface area contributed by atoms with Crippen LogP contribution in [-0.4, -0.2) is 80.2 Å². The second-order valence-corrected chi connectivity index (χ2v) is 21.7. The largest absolute Gasteiger partial charge is 0.414 e. The maximum atomic E-state index is 12.3. The highest BCUT2D eigenvalue weighted by Gasteiger charge is 2.64. The molecule has 0 amide bonds. The van der Waals surface area contributed by atoms with Crippen molar-refractivity contribution in [1.82, 2.24) is 19.9 Å². The average molecular weight is 591 g/mol. The summed E-state index contributed by atoms with van der Waals surface area (Å²) in [6.45, 7) is 21.0. The zero-order valence-corrected chi connectivity index (χ0v) is 27.3. The van der Waals surface area contributed by atoms with Crippen molar-refractivity contribution in [2.45, 2.75) is 108 Å². The number of nitrogen functional groups attached to an aromatic ring is 1. The fourth-order valence-electron chi connectivity index (χ4n) is 6.76. The van der Waals surface area contributed by atoms with Crippen molar-refractivity contribution in [2.24, 2.45) is 4.99 Å². The molecule has 11 nitrogen and oxygen atoms in total. The number of hydrogen-bond donors (Lipinski definition) is 3. The molecule has 2 fully saturated rings. The molecule has 4 atom stereocenters. The van der Waals surface area contributed by atoms with Crippen molar-refractivity contribution < 1.29 is 22.8 Å². The number of nitrogens with zero attached hydrogens (tertiary/aromatic N) is 4. The van der Waals surface area contributed by atoms with Gasteiger partial charge >= 0.3 is 17.1 Å². The van der Waals surface area contributed by atoms with E-state index in [0.717, 1.165) is 17.9 Å². The molecule has 2 aromatic rings. The maximum Gasteiger partial charge on any atom is 0.335 e. The van der Waals surface area contributed by atoms with Crippen molar-refractivity contribution >= 4 is 34.3 Å². The molecule has 5 heterocycles. The van der Waals surface area contributed by atoms with E-state index in [-0.39, 0.29) is 28.8 Å². The van der Waals surface area contributed by atoms with E-state index in [1.165, 1.54) is 6.33 Å². The number of rotatable bonds is 6. The van der Waals surface area contributed by atoms with E-state index in [1.54, 1.807) is 11.4 Å². The van der Waals surface area contributed by atoms with E-state index in [4.69, 9.17) is 23.4 Å². The molecule has 0 radical (unpaired) electrons. The summed E-state index contributed by atoms with van der Waals surface area (Å²) in [7, 11) is -5.69. The van der Waals surface area contributed by atoms with Crippen LogP contribution in [0, 0.1) is 0 Å².